The lowest BCUT2D eigenvalue weighted by molar-refractivity contribution is -0.126. The van der Waals surface area contributed by atoms with Gasteiger partial charge in [-0.05, 0) is 17.7 Å². The maximum Gasteiger partial charge on any atom is 0.231 e. The molecule has 2 N–H and O–H groups in total. The van der Waals surface area contributed by atoms with Crippen molar-refractivity contribution in [3.63, 3.8) is 0 Å². The summed E-state index contributed by atoms with van der Waals surface area (Å²) in [5.41, 5.74) is 1.02. The number of amides is 1. The van der Waals surface area contributed by atoms with Gasteiger partial charge in [-0.25, -0.2) is 0 Å². The standard InChI is InChI=1S/C12H14N2O3.ClH/c15-12(9-5-13-6-9)14-4-8-1-2-10-11(3-8)17-7-16-10;/h1-3,9,13H,4-7H2,(H,14,15);1H. The van der Waals surface area contributed by atoms with E-state index in [1.165, 1.54) is 0 Å². The zero-order valence-electron chi connectivity index (χ0n) is 9.77. The molecule has 0 saturated carbocycles. The molecule has 0 spiro atoms. The Balaban J connectivity index is 0.00000120. The SMILES string of the molecule is Cl.O=C(NCc1ccc2c(c1)OCO2)C1CNC1. The molecule has 0 unspecified atom stereocenters. The second-order valence-corrected chi connectivity index (χ2v) is 4.26. The Kier molecular flexibility index (Phi) is 3.93. The van der Waals surface area contributed by atoms with Gasteiger partial charge < -0.3 is 20.1 Å². The van der Waals surface area contributed by atoms with Crippen molar-refractivity contribution in [1.29, 1.82) is 0 Å². The van der Waals surface area contributed by atoms with Crippen LogP contribution in [0.1, 0.15) is 5.56 Å². The molecule has 5 nitrogen and oxygen atoms in total. The Morgan fingerprint density at radius 2 is 2.11 bits per heavy atom. The van der Waals surface area contributed by atoms with Crippen LogP contribution in [0, 0.1) is 5.92 Å². The lowest BCUT2D eigenvalue weighted by Crippen LogP contribution is -2.50. The topological polar surface area (TPSA) is 59.6 Å². The van der Waals surface area contributed by atoms with Gasteiger partial charge in [-0.2, -0.15) is 0 Å². The predicted octanol–water partition coefficient (Wildman–Crippen LogP) is 0.673. The van der Waals surface area contributed by atoms with Crippen LogP contribution in [0.2, 0.25) is 0 Å². The third-order valence-corrected chi connectivity index (χ3v) is 3.06. The van der Waals surface area contributed by atoms with E-state index >= 15 is 0 Å². The molecule has 2 heterocycles. The third kappa shape index (κ3) is 2.52. The summed E-state index contributed by atoms with van der Waals surface area (Å²) in [7, 11) is 0. The van der Waals surface area contributed by atoms with Gasteiger partial charge in [-0.3, -0.25) is 4.79 Å². The minimum absolute atomic E-state index is 0. The fourth-order valence-corrected chi connectivity index (χ4v) is 1.86. The number of hydrogen-bond donors (Lipinski definition) is 2. The van der Waals surface area contributed by atoms with Crippen LogP contribution >= 0.6 is 12.4 Å². The Hall–Kier alpha value is -1.46. The largest absolute Gasteiger partial charge is 0.454 e. The van der Waals surface area contributed by atoms with Crippen LogP contribution in [-0.4, -0.2) is 25.8 Å². The quantitative estimate of drug-likeness (QED) is 0.848. The van der Waals surface area contributed by atoms with Crippen LogP contribution in [0.15, 0.2) is 18.2 Å². The summed E-state index contributed by atoms with van der Waals surface area (Å²) >= 11 is 0. The molecule has 0 atom stereocenters. The maximum atomic E-state index is 11.6. The van der Waals surface area contributed by atoms with Crippen LogP contribution in [-0.2, 0) is 11.3 Å². The molecular formula is C12H15ClN2O3. The van der Waals surface area contributed by atoms with E-state index < -0.39 is 0 Å². The van der Waals surface area contributed by atoms with Crippen LogP contribution in [0.5, 0.6) is 11.5 Å². The summed E-state index contributed by atoms with van der Waals surface area (Å²) in [6, 6.07) is 5.71. The molecule has 98 valence electrons. The van der Waals surface area contributed by atoms with Crippen molar-refractivity contribution in [2.24, 2.45) is 5.92 Å². The smallest absolute Gasteiger partial charge is 0.231 e. The van der Waals surface area contributed by atoms with Crippen molar-refractivity contribution < 1.29 is 14.3 Å². The molecule has 2 aliphatic rings. The molecular weight excluding hydrogens is 256 g/mol. The lowest BCUT2D eigenvalue weighted by Gasteiger charge is -2.25. The average Bonchev–Trinajstić information content (AvgIpc) is 2.71. The molecule has 1 fully saturated rings. The number of nitrogens with one attached hydrogen (secondary N) is 2. The number of hydrogen-bond acceptors (Lipinski definition) is 4. The molecule has 0 radical (unpaired) electrons. The van der Waals surface area contributed by atoms with Crippen LogP contribution in [0.3, 0.4) is 0 Å². The molecule has 1 aromatic rings. The Bertz CT molecular complexity index is 449. The molecule has 0 aromatic heterocycles. The van der Waals surface area contributed by atoms with Gasteiger partial charge >= 0.3 is 0 Å². The molecule has 3 rings (SSSR count). The molecule has 1 aromatic carbocycles. The van der Waals surface area contributed by atoms with E-state index in [9.17, 15) is 4.79 Å². The van der Waals surface area contributed by atoms with Crippen molar-refractivity contribution in [1.82, 2.24) is 10.6 Å². The summed E-state index contributed by atoms with van der Waals surface area (Å²) in [5, 5.41) is 5.99. The Labute approximate surface area is 111 Å². The molecule has 2 aliphatic heterocycles. The first kappa shape index (κ1) is 13.0. The zero-order chi connectivity index (χ0) is 11.7. The van der Waals surface area contributed by atoms with Crippen LogP contribution in [0.4, 0.5) is 0 Å². The van der Waals surface area contributed by atoms with E-state index in [2.05, 4.69) is 10.6 Å². The second-order valence-electron chi connectivity index (χ2n) is 4.26. The van der Waals surface area contributed by atoms with E-state index in [0.717, 1.165) is 30.2 Å². The number of fused-ring (bicyclic) bond motifs is 1. The van der Waals surface area contributed by atoms with Gasteiger partial charge in [0.25, 0.3) is 0 Å². The van der Waals surface area contributed by atoms with Crippen LogP contribution < -0.4 is 20.1 Å². The van der Waals surface area contributed by atoms with E-state index in [4.69, 9.17) is 9.47 Å². The lowest BCUT2D eigenvalue weighted by atomic mass is 10.0. The van der Waals surface area contributed by atoms with Crippen molar-refractivity contribution in [2.45, 2.75) is 6.54 Å². The van der Waals surface area contributed by atoms with Crippen molar-refractivity contribution in [2.75, 3.05) is 19.9 Å². The fraction of sp³-hybridized carbons (Fsp3) is 0.417. The number of benzene rings is 1. The first-order valence-electron chi connectivity index (χ1n) is 5.70. The number of rotatable bonds is 3. The first-order chi connectivity index (χ1) is 8.33. The van der Waals surface area contributed by atoms with Gasteiger partial charge in [0.05, 0.1) is 5.92 Å². The Morgan fingerprint density at radius 3 is 2.83 bits per heavy atom. The van der Waals surface area contributed by atoms with E-state index in [0.29, 0.717) is 6.54 Å². The van der Waals surface area contributed by atoms with Crippen molar-refractivity contribution in [3.8, 4) is 11.5 Å². The fourth-order valence-electron chi connectivity index (χ4n) is 1.86. The molecule has 1 amide bonds. The summed E-state index contributed by atoms with van der Waals surface area (Å²) in [4.78, 5) is 11.6. The first-order valence-corrected chi connectivity index (χ1v) is 5.70. The summed E-state index contributed by atoms with van der Waals surface area (Å²) in [6.07, 6.45) is 0. The number of ether oxygens (including phenoxy) is 2. The number of halogens is 1. The number of carbonyl (C=O) groups excluding carboxylic acids is 1. The highest BCUT2D eigenvalue weighted by Gasteiger charge is 2.24. The highest BCUT2D eigenvalue weighted by molar-refractivity contribution is 5.85. The average molecular weight is 271 g/mol. The molecule has 0 bridgehead atoms. The van der Waals surface area contributed by atoms with E-state index in [-0.39, 0.29) is 31.0 Å². The summed E-state index contributed by atoms with van der Waals surface area (Å²) in [6.45, 7) is 2.38. The minimum Gasteiger partial charge on any atom is -0.454 e. The Morgan fingerprint density at radius 1 is 1.33 bits per heavy atom. The van der Waals surface area contributed by atoms with Crippen molar-refractivity contribution in [3.05, 3.63) is 23.8 Å². The maximum absolute atomic E-state index is 11.6. The van der Waals surface area contributed by atoms with Gasteiger partial charge in [0.1, 0.15) is 0 Å². The van der Waals surface area contributed by atoms with Gasteiger partial charge in [-0.15, -0.1) is 12.4 Å². The van der Waals surface area contributed by atoms with Crippen LogP contribution in [0.25, 0.3) is 0 Å². The predicted molar refractivity (Wildman–Crippen MR) is 68.0 cm³/mol. The highest BCUT2D eigenvalue weighted by Crippen LogP contribution is 2.32. The molecule has 6 heteroatoms. The second kappa shape index (κ2) is 5.46. The highest BCUT2D eigenvalue weighted by atomic mass is 35.5. The van der Waals surface area contributed by atoms with E-state index in [1.807, 2.05) is 18.2 Å². The van der Waals surface area contributed by atoms with Gasteiger partial charge in [0, 0.05) is 19.6 Å². The van der Waals surface area contributed by atoms with E-state index in [1.54, 1.807) is 0 Å². The molecule has 1 saturated heterocycles. The van der Waals surface area contributed by atoms with Gasteiger partial charge in [0.15, 0.2) is 11.5 Å². The number of carbonyl (C=O) groups is 1. The minimum atomic E-state index is 0. The van der Waals surface area contributed by atoms with Crippen molar-refractivity contribution >= 4 is 18.3 Å². The normalized spacial score (nSPS) is 16.7. The zero-order valence-corrected chi connectivity index (χ0v) is 10.6. The molecule has 18 heavy (non-hydrogen) atoms. The third-order valence-electron chi connectivity index (χ3n) is 3.06. The molecule has 0 aliphatic carbocycles. The van der Waals surface area contributed by atoms with Gasteiger partial charge in [-0.1, -0.05) is 6.07 Å². The van der Waals surface area contributed by atoms with Gasteiger partial charge in [0.2, 0.25) is 12.7 Å². The monoisotopic (exact) mass is 270 g/mol. The summed E-state index contributed by atoms with van der Waals surface area (Å²) in [5.74, 6) is 1.76. The summed E-state index contributed by atoms with van der Waals surface area (Å²) < 4.78 is 10.5.